The Kier molecular flexibility index (Phi) is 9.74. The van der Waals surface area contributed by atoms with E-state index in [0.29, 0.717) is 50.4 Å². The Morgan fingerprint density at radius 2 is 1.76 bits per heavy atom. The number of carbonyl (C=O) groups excluding carboxylic acids is 1. The number of halogens is 5. The van der Waals surface area contributed by atoms with Gasteiger partial charge in [-0.2, -0.15) is 18.3 Å². The molecule has 2 aromatic carbocycles. The van der Waals surface area contributed by atoms with Gasteiger partial charge in [0.15, 0.2) is 5.69 Å². The Bertz CT molecular complexity index is 1790. The average molecular weight is 677 g/mol. The van der Waals surface area contributed by atoms with Gasteiger partial charge in [-0.1, -0.05) is 41.5 Å². The molecule has 4 aromatic rings. The van der Waals surface area contributed by atoms with Crippen LogP contribution in [-0.2, 0) is 12.7 Å². The number of hydrogen-bond donors (Lipinski definition) is 2. The average Bonchev–Trinajstić information content (AvgIpc) is 3.61. The number of hydrazine groups is 1. The highest BCUT2D eigenvalue weighted by atomic mass is 35.5. The highest BCUT2D eigenvalue weighted by molar-refractivity contribution is 7.16. The van der Waals surface area contributed by atoms with Gasteiger partial charge in [-0.3, -0.25) is 10.2 Å². The molecule has 1 saturated heterocycles. The molecule has 0 aliphatic carbocycles. The van der Waals surface area contributed by atoms with E-state index in [1.165, 1.54) is 41.3 Å². The summed E-state index contributed by atoms with van der Waals surface area (Å²) in [5, 5.41) is 16.9. The molecule has 1 aliphatic heterocycles. The van der Waals surface area contributed by atoms with Gasteiger partial charge in [0.25, 0.3) is 5.91 Å². The van der Waals surface area contributed by atoms with E-state index in [9.17, 15) is 27.9 Å². The van der Waals surface area contributed by atoms with Crippen LogP contribution in [0.4, 0.5) is 18.0 Å². The minimum Gasteiger partial charge on any atom is -0.465 e. The van der Waals surface area contributed by atoms with E-state index in [0.717, 1.165) is 36.3 Å². The number of nitrogens with one attached hydrogen (secondary N) is 1. The molecular formula is C31H26Cl2F3N5O3S. The number of nitrogens with zero attached hydrogens (tertiary/aromatic N) is 4. The standard InChI is InChI=1S/C31H26Cl2F3N5O3S/c1-39(30(43)44)18-23-27(29(42)38-40-15-3-2-4-16-40)37-41(25-13-10-21(32)17-24(25)33)28(23)26-14-12-22(45-26)11-7-19-5-8-20(9-6-19)31(34,35)36/h5-6,8-10,12-14,17H,2-4,15-16,18H2,1H3,(H,38,42)(H,43,44). The summed E-state index contributed by atoms with van der Waals surface area (Å²) in [4.78, 5) is 27.8. The van der Waals surface area contributed by atoms with Crippen molar-refractivity contribution in [2.24, 2.45) is 0 Å². The zero-order chi connectivity index (χ0) is 32.3. The molecule has 8 nitrogen and oxygen atoms in total. The van der Waals surface area contributed by atoms with Crippen molar-refractivity contribution in [1.29, 1.82) is 0 Å². The van der Waals surface area contributed by atoms with Crippen molar-refractivity contribution in [2.45, 2.75) is 32.0 Å². The Labute approximate surface area is 270 Å². The first-order chi connectivity index (χ1) is 21.4. The predicted octanol–water partition coefficient (Wildman–Crippen LogP) is 7.57. The van der Waals surface area contributed by atoms with E-state index >= 15 is 0 Å². The molecule has 2 aromatic heterocycles. The molecule has 5 rings (SSSR count). The molecule has 2 N–H and O–H groups in total. The molecule has 0 unspecified atom stereocenters. The number of alkyl halides is 3. The highest BCUT2D eigenvalue weighted by Gasteiger charge is 2.31. The van der Waals surface area contributed by atoms with Crippen LogP contribution in [0, 0.1) is 11.8 Å². The Hall–Kier alpha value is -4.02. The number of amides is 2. The van der Waals surface area contributed by atoms with Crippen LogP contribution in [-0.4, -0.2) is 56.9 Å². The zero-order valence-electron chi connectivity index (χ0n) is 23.8. The first kappa shape index (κ1) is 32.4. The second kappa shape index (κ2) is 13.5. The highest BCUT2D eigenvalue weighted by Crippen LogP contribution is 2.37. The molecule has 234 valence electrons. The van der Waals surface area contributed by atoms with Gasteiger partial charge >= 0.3 is 12.3 Å². The summed E-state index contributed by atoms with van der Waals surface area (Å²) in [5.41, 5.74) is 3.77. The van der Waals surface area contributed by atoms with Gasteiger partial charge < -0.3 is 10.0 Å². The monoisotopic (exact) mass is 675 g/mol. The van der Waals surface area contributed by atoms with Gasteiger partial charge in [-0.25, -0.2) is 14.5 Å². The quantitative estimate of drug-likeness (QED) is 0.206. The van der Waals surface area contributed by atoms with E-state index in [-0.39, 0.29) is 17.3 Å². The van der Waals surface area contributed by atoms with E-state index < -0.39 is 23.7 Å². The summed E-state index contributed by atoms with van der Waals surface area (Å²) in [7, 11) is 1.39. The minimum absolute atomic E-state index is 0.0282. The maximum atomic E-state index is 13.7. The van der Waals surface area contributed by atoms with Crippen molar-refractivity contribution < 1.29 is 27.9 Å². The van der Waals surface area contributed by atoms with Crippen LogP contribution in [0.5, 0.6) is 0 Å². The van der Waals surface area contributed by atoms with E-state index in [1.807, 2.05) is 5.01 Å². The SMILES string of the molecule is CN(Cc1c(C(=O)NN2CCCCC2)nn(-c2ccc(Cl)cc2Cl)c1-c1ccc(C#Cc2ccc(C(F)(F)F)cc2)s1)C(=O)O. The molecule has 1 fully saturated rings. The fourth-order valence-electron chi connectivity index (χ4n) is 4.78. The molecule has 14 heteroatoms. The van der Waals surface area contributed by atoms with Crippen LogP contribution in [0.15, 0.2) is 54.6 Å². The van der Waals surface area contributed by atoms with E-state index in [2.05, 4.69) is 22.4 Å². The van der Waals surface area contributed by atoms with Crippen LogP contribution in [0.3, 0.4) is 0 Å². The van der Waals surface area contributed by atoms with E-state index in [1.54, 1.807) is 24.3 Å². The molecule has 0 bridgehead atoms. The molecule has 45 heavy (non-hydrogen) atoms. The van der Waals surface area contributed by atoms with Crippen LogP contribution in [0.2, 0.25) is 10.0 Å². The smallest absolute Gasteiger partial charge is 0.416 e. The fourth-order valence-corrected chi connectivity index (χ4v) is 6.18. The first-order valence-electron chi connectivity index (χ1n) is 13.8. The number of carboxylic acid groups (broad SMARTS) is 1. The summed E-state index contributed by atoms with van der Waals surface area (Å²) in [5.74, 6) is 5.36. The molecule has 0 saturated carbocycles. The third-order valence-electron chi connectivity index (χ3n) is 7.06. The summed E-state index contributed by atoms with van der Waals surface area (Å²) in [6.07, 6.45) is -2.71. The molecule has 2 amide bonds. The lowest BCUT2D eigenvalue weighted by atomic mass is 10.1. The zero-order valence-corrected chi connectivity index (χ0v) is 26.1. The second-order valence-electron chi connectivity index (χ2n) is 10.3. The van der Waals surface area contributed by atoms with Crippen molar-refractivity contribution >= 4 is 46.5 Å². The van der Waals surface area contributed by atoms with Crippen molar-refractivity contribution in [3.8, 4) is 28.1 Å². The lowest BCUT2D eigenvalue weighted by molar-refractivity contribution is -0.137. The van der Waals surface area contributed by atoms with Crippen molar-refractivity contribution in [2.75, 3.05) is 20.1 Å². The number of benzene rings is 2. The van der Waals surface area contributed by atoms with Gasteiger partial charge in [-0.15, -0.1) is 11.3 Å². The molecular weight excluding hydrogens is 650 g/mol. The molecule has 0 atom stereocenters. The second-order valence-corrected chi connectivity index (χ2v) is 12.2. The largest absolute Gasteiger partial charge is 0.465 e. The summed E-state index contributed by atoms with van der Waals surface area (Å²) in [6.45, 7) is 1.19. The summed E-state index contributed by atoms with van der Waals surface area (Å²) < 4.78 is 40.3. The first-order valence-corrected chi connectivity index (χ1v) is 15.3. The summed E-state index contributed by atoms with van der Waals surface area (Å²) >= 11 is 14.0. The van der Waals surface area contributed by atoms with E-state index in [4.69, 9.17) is 23.2 Å². The van der Waals surface area contributed by atoms with Gasteiger partial charge in [0.2, 0.25) is 0 Å². The maximum absolute atomic E-state index is 13.7. The van der Waals surface area contributed by atoms with Crippen LogP contribution in [0.1, 0.15) is 51.3 Å². The lowest BCUT2D eigenvalue weighted by Crippen LogP contribution is -2.45. The normalized spacial score (nSPS) is 13.6. The third-order valence-corrected chi connectivity index (χ3v) is 8.60. The predicted molar refractivity (Wildman–Crippen MR) is 167 cm³/mol. The van der Waals surface area contributed by atoms with Crippen molar-refractivity contribution in [3.05, 3.63) is 91.9 Å². The number of carbonyl (C=O) groups is 2. The third kappa shape index (κ3) is 7.62. The van der Waals surface area contributed by atoms with Crippen LogP contribution in [0.25, 0.3) is 16.3 Å². The number of rotatable bonds is 6. The molecule has 0 spiro atoms. The van der Waals surface area contributed by atoms with Gasteiger partial charge in [0.05, 0.1) is 38.3 Å². The van der Waals surface area contributed by atoms with Crippen LogP contribution >= 0.6 is 34.5 Å². The molecule has 0 radical (unpaired) electrons. The van der Waals surface area contributed by atoms with Gasteiger partial charge in [0, 0.05) is 36.3 Å². The van der Waals surface area contributed by atoms with Crippen molar-refractivity contribution in [3.63, 3.8) is 0 Å². The van der Waals surface area contributed by atoms with Crippen LogP contribution < -0.4 is 5.43 Å². The maximum Gasteiger partial charge on any atom is 0.416 e. The fraction of sp³-hybridized carbons (Fsp3) is 0.258. The number of aromatic nitrogens is 2. The Balaban J connectivity index is 1.60. The summed E-state index contributed by atoms with van der Waals surface area (Å²) in [6, 6.07) is 12.8. The Morgan fingerprint density at radius 1 is 1.04 bits per heavy atom. The van der Waals surface area contributed by atoms with Gasteiger partial charge in [0.1, 0.15) is 0 Å². The number of hydrogen-bond acceptors (Lipinski definition) is 5. The number of thiophene rings is 1. The molecule has 3 heterocycles. The number of piperidine rings is 1. The minimum atomic E-state index is -4.44. The van der Waals surface area contributed by atoms with Crippen molar-refractivity contribution in [1.82, 2.24) is 25.1 Å². The lowest BCUT2D eigenvalue weighted by Gasteiger charge is -2.26. The topological polar surface area (TPSA) is 90.7 Å². The Morgan fingerprint density at radius 3 is 2.40 bits per heavy atom. The molecule has 1 aliphatic rings. The van der Waals surface area contributed by atoms with Gasteiger partial charge in [-0.05, 0) is 67.4 Å².